The molecule has 9 heteroatoms. The van der Waals surface area contributed by atoms with Gasteiger partial charge in [0.2, 0.25) is 5.78 Å². The number of carbonyl (C=O) groups is 1. The average molecular weight is 443 g/mol. The van der Waals surface area contributed by atoms with Crippen LogP contribution in [0.2, 0.25) is 0 Å². The summed E-state index contributed by atoms with van der Waals surface area (Å²) in [6.07, 6.45) is -3.56. The van der Waals surface area contributed by atoms with Crippen LogP contribution in [0.5, 0.6) is 0 Å². The predicted molar refractivity (Wildman–Crippen MR) is 101 cm³/mol. The molecular weight excluding hydrogens is 427 g/mol. The van der Waals surface area contributed by atoms with Crippen molar-refractivity contribution >= 4 is 5.78 Å². The maximum absolute atomic E-state index is 14.4. The molecule has 0 unspecified atom stereocenters. The Morgan fingerprint density at radius 2 is 1.39 bits per heavy atom. The third-order valence-corrected chi connectivity index (χ3v) is 4.09. The molecule has 0 saturated heterocycles. The molecule has 0 aliphatic carbocycles. The van der Waals surface area contributed by atoms with Crippen molar-refractivity contribution in [3.05, 3.63) is 89.2 Å². The molecule has 2 nitrogen and oxygen atoms in total. The first-order valence-electron chi connectivity index (χ1n) is 9.02. The van der Waals surface area contributed by atoms with E-state index in [-0.39, 0.29) is 11.1 Å². The van der Waals surface area contributed by atoms with Crippen molar-refractivity contribution in [2.45, 2.75) is 25.9 Å². The Hall–Kier alpha value is -3.23. The van der Waals surface area contributed by atoms with E-state index in [1.165, 1.54) is 0 Å². The molecule has 0 radical (unpaired) electrons. The van der Waals surface area contributed by atoms with E-state index in [2.05, 4.69) is 4.98 Å². The van der Waals surface area contributed by atoms with Crippen LogP contribution in [-0.2, 0) is 12.1 Å². The minimum Gasteiger partial charge on any atom is -0.287 e. The Kier molecular flexibility index (Phi) is 7.20. The number of nitrogens with zero attached hydrogens (tertiary/aromatic N) is 1. The van der Waals surface area contributed by atoms with Crippen LogP contribution in [-0.4, -0.2) is 10.8 Å². The van der Waals surface area contributed by atoms with E-state index in [0.717, 1.165) is 42.6 Å². The van der Waals surface area contributed by atoms with Crippen LogP contribution < -0.4 is 0 Å². The van der Waals surface area contributed by atoms with Crippen molar-refractivity contribution in [3.63, 3.8) is 0 Å². The van der Waals surface area contributed by atoms with E-state index in [9.17, 15) is 35.5 Å². The summed E-state index contributed by atoms with van der Waals surface area (Å²) in [6, 6.07) is 7.51. The van der Waals surface area contributed by atoms with Crippen molar-refractivity contribution in [2.24, 2.45) is 0 Å². The van der Waals surface area contributed by atoms with Crippen LogP contribution >= 0.6 is 0 Å². The molecule has 31 heavy (non-hydrogen) atoms. The van der Waals surface area contributed by atoms with E-state index < -0.39 is 46.3 Å². The van der Waals surface area contributed by atoms with Crippen molar-refractivity contribution in [1.29, 1.82) is 0 Å². The van der Waals surface area contributed by atoms with Crippen LogP contribution in [0.25, 0.3) is 11.1 Å². The summed E-state index contributed by atoms with van der Waals surface area (Å²) in [7, 11) is 0. The molecule has 0 aliphatic rings. The monoisotopic (exact) mass is 443 g/mol. The molecule has 0 spiro atoms. The molecule has 0 bridgehead atoms. The van der Waals surface area contributed by atoms with Crippen LogP contribution in [0.3, 0.4) is 0 Å². The third kappa shape index (κ3) is 5.28. The van der Waals surface area contributed by atoms with Gasteiger partial charge >= 0.3 is 12.1 Å². The number of halogens is 7. The average Bonchev–Trinajstić information content (AvgIpc) is 2.74. The molecule has 0 atom stereocenters. The fourth-order valence-corrected chi connectivity index (χ4v) is 2.56. The van der Waals surface area contributed by atoms with Gasteiger partial charge in [-0.15, -0.1) is 0 Å². The highest BCUT2D eigenvalue weighted by Crippen LogP contribution is 2.34. The second-order valence-corrected chi connectivity index (χ2v) is 6.03. The molecule has 3 aromatic rings. The van der Waals surface area contributed by atoms with Crippen LogP contribution in [0.15, 0.2) is 60.8 Å². The Balaban J connectivity index is 0.00000166. The van der Waals surface area contributed by atoms with Crippen LogP contribution in [0.1, 0.15) is 35.5 Å². The van der Waals surface area contributed by atoms with E-state index in [4.69, 9.17) is 0 Å². The third-order valence-electron chi connectivity index (χ3n) is 4.09. The number of aromatic nitrogens is 1. The molecule has 0 saturated carbocycles. The smallest absolute Gasteiger partial charge is 0.287 e. The second kappa shape index (κ2) is 9.28. The number of alkyl halides is 5. The molecule has 0 amide bonds. The number of ketones is 1. The molecule has 0 aliphatic heterocycles. The summed E-state index contributed by atoms with van der Waals surface area (Å²) in [4.78, 5) is 15.5. The predicted octanol–water partition coefficient (Wildman–Crippen LogP) is 7.05. The van der Waals surface area contributed by atoms with Gasteiger partial charge in [-0.1, -0.05) is 32.0 Å². The van der Waals surface area contributed by atoms with Gasteiger partial charge in [-0.05, 0) is 35.9 Å². The summed E-state index contributed by atoms with van der Waals surface area (Å²) in [5, 5.41) is 0. The highest BCUT2D eigenvalue weighted by molar-refractivity contribution is 6.01. The van der Waals surface area contributed by atoms with Crippen molar-refractivity contribution < 1.29 is 35.5 Å². The number of hydrogen-bond donors (Lipinski definition) is 0. The van der Waals surface area contributed by atoms with Crippen LogP contribution in [0, 0.1) is 11.6 Å². The fraction of sp³-hybridized carbons (Fsp3) is 0.182. The topological polar surface area (TPSA) is 30.0 Å². The van der Waals surface area contributed by atoms with Crippen molar-refractivity contribution in [2.75, 3.05) is 0 Å². The molecule has 2 aromatic carbocycles. The highest BCUT2D eigenvalue weighted by atomic mass is 19.4. The molecule has 0 fully saturated rings. The van der Waals surface area contributed by atoms with Gasteiger partial charge in [0, 0.05) is 17.8 Å². The van der Waals surface area contributed by atoms with E-state index in [1.54, 1.807) is 0 Å². The molecule has 0 N–H and O–H groups in total. The zero-order chi connectivity index (χ0) is 23.4. The maximum Gasteiger partial charge on any atom is 0.416 e. The first-order valence-corrected chi connectivity index (χ1v) is 9.02. The summed E-state index contributed by atoms with van der Waals surface area (Å²) in [5.74, 6) is -8.56. The molecule has 1 heterocycles. The Labute approximate surface area is 173 Å². The molecule has 1 aromatic heterocycles. The van der Waals surface area contributed by atoms with Gasteiger partial charge in [0.1, 0.15) is 17.3 Å². The molecule has 3 rings (SSSR count). The number of benzene rings is 2. The highest BCUT2D eigenvalue weighted by Gasteiger charge is 2.44. The lowest BCUT2D eigenvalue weighted by molar-refractivity contribution is -0.137. The van der Waals surface area contributed by atoms with E-state index in [1.807, 2.05) is 13.8 Å². The Morgan fingerprint density at radius 3 is 1.87 bits per heavy atom. The molecule has 164 valence electrons. The van der Waals surface area contributed by atoms with Gasteiger partial charge in [-0.3, -0.25) is 9.78 Å². The van der Waals surface area contributed by atoms with Crippen molar-refractivity contribution in [1.82, 2.24) is 4.98 Å². The second-order valence-electron chi connectivity index (χ2n) is 6.03. The van der Waals surface area contributed by atoms with Gasteiger partial charge < -0.3 is 0 Å². The fourth-order valence-electron chi connectivity index (χ4n) is 2.56. The quantitative estimate of drug-likeness (QED) is 0.320. The minimum absolute atomic E-state index is 0.235. The van der Waals surface area contributed by atoms with Crippen molar-refractivity contribution in [3.8, 4) is 11.1 Å². The van der Waals surface area contributed by atoms with E-state index in [0.29, 0.717) is 18.2 Å². The Bertz CT molecular complexity index is 1040. The lowest BCUT2D eigenvalue weighted by atomic mass is 10.0. The van der Waals surface area contributed by atoms with Gasteiger partial charge in [-0.2, -0.15) is 22.0 Å². The number of pyridine rings is 1. The lowest BCUT2D eigenvalue weighted by Crippen LogP contribution is -2.28. The SMILES string of the molecule is CC.O=C(c1ccc(F)cc1F)C(F)(F)c1ccc(-c2ccc(C(F)(F)F)cc2)cn1. The summed E-state index contributed by atoms with van der Waals surface area (Å²) >= 11 is 0. The summed E-state index contributed by atoms with van der Waals surface area (Å²) in [5.41, 5.74) is -2.33. The van der Waals surface area contributed by atoms with Gasteiger partial charge in [0.05, 0.1) is 11.1 Å². The molecular formula is C22H16F7NO. The first-order chi connectivity index (χ1) is 14.5. The first kappa shape index (κ1) is 24.0. The van der Waals surface area contributed by atoms with Gasteiger partial charge in [-0.25, -0.2) is 8.78 Å². The van der Waals surface area contributed by atoms with Gasteiger partial charge in [0.25, 0.3) is 0 Å². The number of Topliss-reactive ketones (excluding diaryl/α,β-unsaturated/α-hetero) is 1. The minimum atomic E-state index is -4.52. The largest absolute Gasteiger partial charge is 0.416 e. The zero-order valence-electron chi connectivity index (χ0n) is 16.3. The standard InChI is InChI=1S/C20H10F7NO.C2H6/c21-14-6-7-15(16(22)9-14)18(29)19(23,24)17-8-3-12(10-28-17)11-1-4-13(5-2-11)20(25,26)27;1-2/h1-10H;1-2H3. The number of carbonyl (C=O) groups excluding carboxylic acids is 1. The number of rotatable bonds is 4. The zero-order valence-corrected chi connectivity index (χ0v) is 16.3. The Morgan fingerprint density at radius 1 is 0.806 bits per heavy atom. The van der Waals surface area contributed by atoms with E-state index >= 15 is 0 Å². The lowest BCUT2D eigenvalue weighted by Gasteiger charge is -2.15. The van der Waals surface area contributed by atoms with Gasteiger partial charge in [0.15, 0.2) is 0 Å². The number of hydrogen-bond acceptors (Lipinski definition) is 2. The normalized spacial score (nSPS) is 11.5. The maximum atomic E-state index is 14.4. The summed E-state index contributed by atoms with van der Waals surface area (Å²) < 4.78 is 93.2. The summed E-state index contributed by atoms with van der Waals surface area (Å²) in [6.45, 7) is 4.00. The van der Waals surface area contributed by atoms with Crippen LogP contribution in [0.4, 0.5) is 30.7 Å².